The highest BCUT2D eigenvalue weighted by Crippen LogP contribution is 2.33. The van der Waals surface area contributed by atoms with Gasteiger partial charge in [-0.25, -0.2) is 9.67 Å². The maximum absolute atomic E-state index is 9.52. The minimum atomic E-state index is -0.191. The molecule has 6 heteroatoms. The fourth-order valence-corrected chi connectivity index (χ4v) is 3.04. The molecule has 6 nitrogen and oxygen atoms in total. The molecule has 140 valence electrons. The number of benzene rings is 2. The van der Waals surface area contributed by atoms with Crippen molar-refractivity contribution in [3.05, 3.63) is 90.4 Å². The van der Waals surface area contributed by atoms with Gasteiger partial charge in [0.1, 0.15) is 17.2 Å². The highest BCUT2D eigenvalue weighted by molar-refractivity contribution is 5.43. The Kier molecular flexibility index (Phi) is 4.53. The number of pyridine rings is 1. The van der Waals surface area contributed by atoms with E-state index in [1.165, 1.54) is 0 Å². The lowest BCUT2D eigenvalue weighted by Gasteiger charge is -2.26. The van der Waals surface area contributed by atoms with Gasteiger partial charge in [0.25, 0.3) is 0 Å². The largest absolute Gasteiger partial charge is 0.508 e. The molecule has 2 heterocycles. The SMILES string of the molecule is CC(C)(c1ccc(O)cc1)c1ccc(Oc2ccnc(-n3ccnn3)c2)cc1. The molecular weight excluding hydrogens is 352 g/mol. The van der Waals surface area contributed by atoms with E-state index in [0.717, 1.165) is 16.9 Å². The highest BCUT2D eigenvalue weighted by atomic mass is 16.5. The van der Waals surface area contributed by atoms with Crippen LogP contribution in [0.1, 0.15) is 25.0 Å². The van der Waals surface area contributed by atoms with Crippen LogP contribution in [0.5, 0.6) is 17.2 Å². The maximum Gasteiger partial charge on any atom is 0.158 e. The lowest BCUT2D eigenvalue weighted by Crippen LogP contribution is -2.18. The van der Waals surface area contributed by atoms with Crippen molar-refractivity contribution in [1.82, 2.24) is 20.0 Å². The zero-order valence-corrected chi connectivity index (χ0v) is 15.6. The van der Waals surface area contributed by atoms with Crippen molar-refractivity contribution in [3.63, 3.8) is 0 Å². The molecule has 0 spiro atoms. The molecule has 1 N–H and O–H groups in total. The van der Waals surface area contributed by atoms with Gasteiger partial charge in [0, 0.05) is 17.7 Å². The second-order valence-electron chi connectivity index (χ2n) is 7.00. The molecule has 0 saturated heterocycles. The molecule has 0 saturated carbocycles. The Hall–Kier alpha value is -3.67. The molecule has 0 aliphatic carbocycles. The van der Waals surface area contributed by atoms with Crippen LogP contribution in [0.15, 0.2) is 79.3 Å². The predicted octanol–water partition coefficient (Wildman–Crippen LogP) is 4.49. The first-order valence-corrected chi connectivity index (χ1v) is 8.93. The summed E-state index contributed by atoms with van der Waals surface area (Å²) in [6.07, 6.45) is 5.00. The van der Waals surface area contributed by atoms with Crippen LogP contribution in [0.25, 0.3) is 5.82 Å². The number of rotatable bonds is 5. The molecule has 4 aromatic rings. The van der Waals surface area contributed by atoms with Gasteiger partial charge >= 0.3 is 0 Å². The van der Waals surface area contributed by atoms with Gasteiger partial charge in [-0.15, -0.1) is 5.10 Å². The Balaban J connectivity index is 1.54. The fourth-order valence-electron chi connectivity index (χ4n) is 3.04. The molecule has 0 aliphatic rings. The summed E-state index contributed by atoms with van der Waals surface area (Å²) in [5.74, 6) is 2.32. The number of nitrogens with zero attached hydrogens (tertiary/aromatic N) is 4. The molecule has 0 atom stereocenters. The normalized spacial score (nSPS) is 11.4. The van der Waals surface area contributed by atoms with E-state index in [2.05, 4.69) is 41.3 Å². The zero-order valence-electron chi connectivity index (χ0n) is 15.6. The van der Waals surface area contributed by atoms with Crippen LogP contribution < -0.4 is 4.74 Å². The van der Waals surface area contributed by atoms with E-state index in [4.69, 9.17) is 4.74 Å². The Morgan fingerprint density at radius 2 is 1.54 bits per heavy atom. The van der Waals surface area contributed by atoms with E-state index < -0.39 is 0 Å². The third-order valence-corrected chi connectivity index (χ3v) is 4.77. The van der Waals surface area contributed by atoms with Crippen molar-refractivity contribution in [1.29, 1.82) is 0 Å². The number of phenolic OH excluding ortho intramolecular Hbond substituents is 1. The summed E-state index contributed by atoms with van der Waals surface area (Å²) < 4.78 is 7.55. The van der Waals surface area contributed by atoms with Crippen LogP contribution in [0.2, 0.25) is 0 Å². The van der Waals surface area contributed by atoms with Crippen LogP contribution in [0.3, 0.4) is 0 Å². The summed E-state index contributed by atoms with van der Waals surface area (Å²) in [5.41, 5.74) is 2.09. The van der Waals surface area contributed by atoms with Crippen LogP contribution in [-0.4, -0.2) is 25.1 Å². The van der Waals surface area contributed by atoms with E-state index in [-0.39, 0.29) is 11.2 Å². The first-order valence-electron chi connectivity index (χ1n) is 8.93. The quantitative estimate of drug-likeness (QED) is 0.559. The van der Waals surface area contributed by atoms with Crippen molar-refractivity contribution >= 4 is 0 Å². The van der Waals surface area contributed by atoms with Gasteiger partial charge < -0.3 is 9.84 Å². The Labute approximate surface area is 163 Å². The highest BCUT2D eigenvalue weighted by Gasteiger charge is 2.23. The molecule has 28 heavy (non-hydrogen) atoms. The molecule has 4 rings (SSSR count). The van der Waals surface area contributed by atoms with E-state index in [0.29, 0.717) is 11.6 Å². The van der Waals surface area contributed by atoms with Gasteiger partial charge in [0.15, 0.2) is 5.82 Å². The number of aromatic hydroxyl groups is 1. The Morgan fingerprint density at radius 1 is 0.857 bits per heavy atom. The smallest absolute Gasteiger partial charge is 0.158 e. The standard InChI is InChI=1S/C22H20N4O2/c1-22(2,16-3-7-18(27)8-4-16)17-5-9-19(10-6-17)28-20-11-12-23-21(15-20)26-14-13-24-25-26/h3-15,27H,1-2H3. The second-order valence-corrected chi connectivity index (χ2v) is 7.00. The van der Waals surface area contributed by atoms with Crippen LogP contribution >= 0.6 is 0 Å². The average Bonchev–Trinajstić information content (AvgIpc) is 3.24. The molecular formula is C22H20N4O2. The van der Waals surface area contributed by atoms with Crippen molar-refractivity contribution in [2.24, 2.45) is 0 Å². The van der Waals surface area contributed by atoms with Gasteiger partial charge in [0.05, 0.1) is 12.4 Å². The molecule has 0 aliphatic heterocycles. The average molecular weight is 372 g/mol. The van der Waals surface area contributed by atoms with E-state index >= 15 is 0 Å². The molecule has 0 fully saturated rings. The Bertz CT molecular complexity index is 1060. The van der Waals surface area contributed by atoms with Crippen molar-refractivity contribution in [2.75, 3.05) is 0 Å². The first kappa shape index (κ1) is 17.7. The van der Waals surface area contributed by atoms with Gasteiger partial charge in [-0.2, -0.15) is 0 Å². The number of phenols is 1. The fraction of sp³-hybridized carbons (Fsp3) is 0.136. The second kappa shape index (κ2) is 7.15. The van der Waals surface area contributed by atoms with E-state index in [9.17, 15) is 5.11 Å². The number of hydrogen-bond acceptors (Lipinski definition) is 5. The van der Waals surface area contributed by atoms with Gasteiger partial charge in [0.2, 0.25) is 0 Å². The lowest BCUT2D eigenvalue weighted by molar-refractivity contribution is 0.474. The Morgan fingerprint density at radius 3 is 2.18 bits per heavy atom. The molecule has 2 aromatic heterocycles. The third-order valence-electron chi connectivity index (χ3n) is 4.77. The van der Waals surface area contributed by atoms with Gasteiger partial charge in [-0.3, -0.25) is 0 Å². The van der Waals surface area contributed by atoms with Crippen molar-refractivity contribution in [3.8, 4) is 23.1 Å². The minimum absolute atomic E-state index is 0.191. The lowest BCUT2D eigenvalue weighted by atomic mass is 9.78. The summed E-state index contributed by atoms with van der Waals surface area (Å²) in [4.78, 5) is 4.27. The summed E-state index contributed by atoms with van der Waals surface area (Å²) in [6.45, 7) is 4.31. The minimum Gasteiger partial charge on any atom is -0.508 e. The zero-order chi connectivity index (χ0) is 19.6. The number of ether oxygens (including phenoxy) is 1. The van der Waals surface area contributed by atoms with Crippen LogP contribution in [-0.2, 0) is 5.41 Å². The van der Waals surface area contributed by atoms with E-state index in [1.54, 1.807) is 41.5 Å². The summed E-state index contributed by atoms with van der Waals surface area (Å²) in [5, 5.41) is 17.3. The molecule has 0 radical (unpaired) electrons. The first-order chi connectivity index (χ1) is 13.5. The molecule has 0 unspecified atom stereocenters. The molecule has 0 bridgehead atoms. The monoisotopic (exact) mass is 372 g/mol. The summed E-state index contributed by atoms with van der Waals surface area (Å²) in [7, 11) is 0. The van der Waals surface area contributed by atoms with E-state index in [1.807, 2.05) is 30.3 Å². The van der Waals surface area contributed by atoms with Gasteiger partial charge in [-0.1, -0.05) is 43.3 Å². The predicted molar refractivity (Wildman–Crippen MR) is 106 cm³/mol. The molecule has 2 aromatic carbocycles. The number of aromatic nitrogens is 4. The third kappa shape index (κ3) is 3.57. The summed E-state index contributed by atoms with van der Waals surface area (Å²) in [6, 6.07) is 18.9. The topological polar surface area (TPSA) is 73.1 Å². The maximum atomic E-state index is 9.52. The van der Waals surface area contributed by atoms with Gasteiger partial charge in [-0.05, 0) is 41.5 Å². The number of hydrogen-bond donors (Lipinski definition) is 1. The van der Waals surface area contributed by atoms with Crippen molar-refractivity contribution in [2.45, 2.75) is 19.3 Å². The van der Waals surface area contributed by atoms with Crippen LogP contribution in [0.4, 0.5) is 0 Å². The van der Waals surface area contributed by atoms with Crippen LogP contribution in [0, 0.1) is 0 Å². The van der Waals surface area contributed by atoms with Crippen molar-refractivity contribution < 1.29 is 9.84 Å². The molecule has 0 amide bonds. The summed E-state index contributed by atoms with van der Waals surface area (Å²) >= 11 is 0.